The summed E-state index contributed by atoms with van der Waals surface area (Å²) in [5.74, 6) is 0.0633. The molecule has 1 atom stereocenters. The van der Waals surface area contributed by atoms with Gasteiger partial charge in [-0.15, -0.1) is 0 Å². The SMILES string of the molecule is CNc1nc2c(c(N)nc(=O)n2CCNC(CCCCN)C(C)=O)c(=O)[nH]1. The van der Waals surface area contributed by atoms with Crippen molar-refractivity contribution in [1.29, 1.82) is 0 Å². The lowest BCUT2D eigenvalue weighted by molar-refractivity contribution is -0.119. The highest BCUT2D eigenvalue weighted by molar-refractivity contribution is 5.85. The van der Waals surface area contributed by atoms with Crippen LogP contribution in [0.2, 0.25) is 0 Å². The van der Waals surface area contributed by atoms with E-state index in [0.29, 0.717) is 19.5 Å². The van der Waals surface area contributed by atoms with E-state index >= 15 is 0 Å². The Hall–Kier alpha value is -2.79. The van der Waals surface area contributed by atoms with Crippen molar-refractivity contribution in [2.75, 3.05) is 31.2 Å². The smallest absolute Gasteiger partial charge is 0.351 e. The molecule has 0 aliphatic carbocycles. The third-order valence-electron chi connectivity index (χ3n) is 4.26. The number of Topliss-reactive ketones (excluding diaryl/α,β-unsaturated/α-hetero) is 1. The number of hydrogen-bond donors (Lipinski definition) is 5. The molecule has 0 aromatic carbocycles. The Kier molecular flexibility index (Phi) is 7.02. The molecule has 1 unspecified atom stereocenters. The number of aromatic nitrogens is 4. The molecular formula is C16H26N8O3. The maximum atomic E-state index is 12.3. The molecule has 0 spiro atoms. The third kappa shape index (κ3) is 4.89. The van der Waals surface area contributed by atoms with E-state index in [1.54, 1.807) is 7.05 Å². The van der Waals surface area contributed by atoms with Gasteiger partial charge in [0.1, 0.15) is 17.0 Å². The fourth-order valence-electron chi connectivity index (χ4n) is 2.81. The Morgan fingerprint density at radius 2 is 2.04 bits per heavy atom. The molecule has 0 aliphatic rings. The van der Waals surface area contributed by atoms with Crippen LogP contribution in [-0.2, 0) is 11.3 Å². The first kappa shape index (κ1) is 20.5. The minimum atomic E-state index is -0.607. The van der Waals surface area contributed by atoms with Crippen LogP contribution >= 0.6 is 0 Å². The van der Waals surface area contributed by atoms with Gasteiger partial charge in [-0.25, -0.2) is 4.79 Å². The van der Waals surface area contributed by atoms with Crippen LogP contribution in [0.15, 0.2) is 9.59 Å². The van der Waals surface area contributed by atoms with Crippen LogP contribution in [0.1, 0.15) is 26.2 Å². The van der Waals surface area contributed by atoms with Crippen molar-refractivity contribution in [2.45, 2.75) is 38.8 Å². The number of anilines is 2. The molecule has 7 N–H and O–H groups in total. The Bertz CT molecular complexity index is 920. The Balaban J connectivity index is 2.25. The Labute approximate surface area is 155 Å². The molecule has 0 fully saturated rings. The first-order valence-corrected chi connectivity index (χ1v) is 8.81. The summed E-state index contributed by atoms with van der Waals surface area (Å²) >= 11 is 0. The van der Waals surface area contributed by atoms with E-state index in [-0.39, 0.29) is 41.2 Å². The fourth-order valence-corrected chi connectivity index (χ4v) is 2.81. The summed E-state index contributed by atoms with van der Waals surface area (Å²) in [5.41, 5.74) is 10.3. The highest BCUT2D eigenvalue weighted by Crippen LogP contribution is 2.11. The maximum absolute atomic E-state index is 12.3. The van der Waals surface area contributed by atoms with Crippen LogP contribution in [0.25, 0.3) is 11.0 Å². The van der Waals surface area contributed by atoms with Gasteiger partial charge in [-0.1, -0.05) is 6.42 Å². The number of rotatable bonds is 10. The average Bonchev–Trinajstić information content (AvgIpc) is 2.61. The number of unbranched alkanes of at least 4 members (excludes halogenated alkanes) is 1. The van der Waals surface area contributed by atoms with E-state index in [1.165, 1.54) is 11.5 Å². The van der Waals surface area contributed by atoms with E-state index in [1.807, 2.05) is 0 Å². The van der Waals surface area contributed by atoms with Gasteiger partial charge in [0.05, 0.1) is 6.04 Å². The predicted molar refractivity (Wildman–Crippen MR) is 104 cm³/mol. The van der Waals surface area contributed by atoms with Gasteiger partial charge in [0.25, 0.3) is 5.56 Å². The lowest BCUT2D eigenvalue weighted by Crippen LogP contribution is -2.39. The number of carbonyl (C=O) groups is 1. The molecule has 2 aromatic heterocycles. The first-order chi connectivity index (χ1) is 12.9. The number of H-pyrrole nitrogens is 1. The molecule has 27 heavy (non-hydrogen) atoms. The molecule has 11 heteroatoms. The molecule has 0 aliphatic heterocycles. The average molecular weight is 378 g/mol. The Morgan fingerprint density at radius 3 is 2.67 bits per heavy atom. The molecule has 0 saturated carbocycles. The summed E-state index contributed by atoms with van der Waals surface area (Å²) in [6.07, 6.45) is 2.35. The summed E-state index contributed by atoms with van der Waals surface area (Å²) in [5, 5.41) is 5.92. The van der Waals surface area contributed by atoms with Gasteiger partial charge in [-0.3, -0.25) is 19.1 Å². The molecule has 11 nitrogen and oxygen atoms in total. The van der Waals surface area contributed by atoms with E-state index < -0.39 is 11.2 Å². The molecule has 2 rings (SSSR count). The van der Waals surface area contributed by atoms with Crippen molar-refractivity contribution < 1.29 is 4.79 Å². The first-order valence-electron chi connectivity index (χ1n) is 8.81. The van der Waals surface area contributed by atoms with Gasteiger partial charge in [-0.2, -0.15) is 9.97 Å². The van der Waals surface area contributed by atoms with Gasteiger partial charge >= 0.3 is 5.69 Å². The van der Waals surface area contributed by atoms with Crippen LogP contribution in [0.4, 0.5) is 11.8 Å². The van der Waals surface area contributed by atoms with Crippen molar-refractivity contribution in [3.05, 3.63) is 20.8 Å². The molecular weight excluding hydrogens is 352 g/mol. The summed E-state index contributed by atoms with van der Waals surface area (Å²) in [7, 11) is 1.59. The molecule has 2 heterocycles. The van der Waals surface area contributed by atoms with Gasteiger partial charge in [-0.05, 0) is 26.3 Å². The third-order valence-corrected chi connectivity index (χ3v) is 4.26. The zero-order valence-electron chi connectivity index (χ0n) is 15.5. The van der Waals surface area contributed by atoms with Crippen LogP contribution in [0.5, 0.6) is 0 Å². The van der Waals surface area contributed by atoms with Crippen molar-refractivity contribution in [3.8, 4) is 0 Å². The number of nitrogens with one attached hydrogen (secondary N) is 3. The molecule has 148 valence electrons. The normalized spacial score (nSPS) is 12.3. The second kappa shape index (κ2) is 9.24. The van der Waals surface area contributed by atoms with Crippen molar-refractivity contribution in [2.24, 2.45) is 5.73 Å². The van der Waals surface area contributed by atoms with Gasteiger partial charge in [0.15, 0.2) is 5.65 Å². The number of fused-ring (bicyclic) bond motifs is 1. The summed E-state index contributed by atoms with van der Waals surface area (Å²) in [6.45, 7) is 2.61. The zero-order chi connectivity index (χ0) is 20.0. The standard InChI is InChI=1S/C16H26N8O3/c1-9(25)10(5-3-4-6-17)20-7-8-24-13-11(12(18)21-16(24)27)14(26)23-15(19-2)22-13/h10,20H,3-8,17H2,1-2H3,(H2,18,21,27)(H2,19,22,23,26). The largest absolute Gasteiger partial charge is 0.383 e. The number of ketones is 1. The summed E-state index contributed by atoms with van der Waals surface area (Å²) in [6, 6.07) is -0.315. The van der Waals surface area contributed by atoms with Gasteiger partial charge in [0, 0.05) is 20.1 Å². The topological polar surface area (TPSA) is 174 Å². The molecule has 0 radical (unpaired) electrons. The number of nitrogen functional groups attached to an aromatic ring is 1. The lowest BCUT2D eigenvalue weighted by atomic mass is 10.1. The molecule has 0 amide bonds. The minimum absolute atomic E-state index is 0.0201. The van der Waals surface area contributed by atoms with E-state index in [2.05, 4.69) is 25.6 Å². The monoisotopic (exact) mass is 378 g/mol. The Morgan fingerprint density at radius 1 is 1.30 bits per heavy atom. The number of nitrogens with zero attached hydrogens (tertiary/aromatic N) is 3. The molecule has 0 bridgehead atoms. The summed E-state index contributed by atoms with van der Waals surface area (Å²) < 4.78 is 1.27. The molecule has 0 saturated heterocycles. The quantitative estimate of drug-likeness (QED) is 0.317. The van der Waals surface area contributed by atoms with E-state index in [4.69, 9.17) is 11.5 Å². The number of aromatic amines is 1. The predicted octanol–water partition coefficient (Wildman–Crippen LogP) is -1.22. The number of hydrogen-bond acceptors (Lipinski definition) is 9. The maximum Gasteiger partial charge on any atom is 0.351 e. The van der Waals surface area contributed by atoms with Crippen LogP contribution in [-0.4, -0.2) is 51.5 Å². The zero-order valence-corrected chi connectivity index (χ0v) is 15.5. The number of carbonyl (C=O) groups excluding carboxylic acids is 1. The summed E-state index contributed by atoms with van der Waals surface area (Å²) in [4.78, 5) is 46.7. The van der Waals surface area contributed by atoms with Gasteiger partial charge in [0.2, 0.25) is 5.95 Å². The molecule has 2 aromatic rings. The van der Waals surface area contributed by atoms with Crippen LogP contribution < -0.4 is 33.3 Å². The van der Waals surface area contributed by atoms with Gasteiger partial charge < -0.3 is 22.1 Å². The highest BCUT2D eigenvalue weighted by atomic mass is 16.1. The minimum Gasteiger partial charge on any atom is -0.383 e. The van der Waals surface area contributed by atoms with E-state index in [9.17, 15) is 14.4 Å². The van der Waals surface area contributed by atoms with Crippen LogP contribution in [0.3, 0.4) is 0 Å². The van der Waals surface area contributed by atoms with Crippen LogP contribution in [0, 0.1) is 0 Å². The van der Waals surface area contributed by atoms with Crippen molar-refractivity contribution >= 4 is 28.6 Å². The van der Waals surface area contributed by atoms with Crippen molar-refractivity contribution in [3.63, 3.8) is 0 Å². The fraction of sp³-hybridized carbons (Fsp3) is 0.562. The van der Waals surface area contributed by atoms with E-state index in [0.717, 1.165) is 12.8 Å². The number of nitrogens with two attached hydrogens (primary N) is 2. The van der Waals surface area contributed by atoms with Crippen molar-refractivity contribution in [1.82, 2.24) is 24.8 Å². The highest BCUT2D eigenvalue weighted by Gasteiger charge is 2.16. The lowest BCUT2D eigenvalue weighted by Gasteiger charge is -2.17. The second-order valence-corrected chi connectivity index (χ2v) is 6.20. The second-order valence-electron chi connectivity index (χ2n) is 6.20.